The zero-order valence-electron chi connectivity index (χ0n) is 18.5. The molecular weight excluding hydrogens is 402 g/mol. The summed E-state index contributed by atoms with van der Waals surface area (Å²) in [5.41, 5.74) is 4.54. The Bertz CT molecular complexity index is 939. The van der Waals surface area contributed by atoms with Crippen molar-refractivity contribution in [3.63, 3.8) is 0 Å². The first-order valence-electron chi connectivity index (χ1n) is 10.8. The van der Waals surface area contributed by atoms with Crippen LogP contribution in [0.1, 0.15) is 28.1 Å². The van der Waals surface area contributed by atoms with E-state index in [1.54, 1.807) is 18.6 Å². The Morgan fingerprint density at radius 2 is 1.66 bits per heavy atom. The van der Waals surface area contributed by atoms with Crippen LogP contribution in [-0.2, 0) is 19.6 Å². The van der Waals surface area contributed by atoms with Crippen molar-refractivity contribution in [1.29, 1.82) is 0 Å². The minimum Gasteiger partial charge on any atom is -0.507 e. The van der Waals surface area contributed by atoms with Crippen LogP contribution in [0.5, 0.6) is 5.75 Å². The zero-order valence-corrected chi connectivity index (χ0v) is 18.5. The van der Waals surface area contributed by atoms with Gasteiger partial charge in [-0.2, -0.15) is 0 Å². The topological polar surface area (TPSA) is 93.9 Å². The van der Waals surface area contributed by atoms with E-state index in [-0.39, 0.29) is 12.4 Å². The molecule has 1 aromatic carbocycles. The van der Waals surface area contributed by atoms with Crippen molar-refractivity contribution in [3.8, 4) is 5.75 Å². The number of pyridine rings is 2. The molecule has 0 radical (unpaired) electrons. The molecule has 7 heteroatoms. The van der Waals surface area contributed by atoms with Crippen LogP contribution in [0.4, 0.5) is 0 Å². The predicted molar refractivity (Wildman–Crippen MR) is 127 cm³/mol. The van der Waals surface area contributed by atoms with Crippen LogP contribution in [0.15, 0.2) is 65.9 Å². The number of aromatic hydroxyl groups is 1. The number of hydrogen-bond acceptors (Lipinski definition) is 7. The number of hydrogen-bond donors (Lipinski definition) is 3. The summed E-state index contributed by atoms with van der Waals surface area (Å²) in [6.07, 6.45) is 5.30. The molecule has 2 heterocycles. The lowest BCUT2D eigenvalue weighted by molar-refractivity contribution is 0.238. The summed E-state index contributed by atoms with van der Waals surface area (Å²) in [5, 5.41) is 22.8. The summed E-state index contributed by atoms with van der Waals surface area (Å²) < 4.78 is 0. The Balaban J connectivity index is 1.77. The highest BCUT2D eigenvalue weighted by atomic mass is 16.3. The number of aliphatic hydroxyl groups is 1. The quantitative estimate of drug-likeness (QED) is 0.300. The molecule has 3 N–H and O–H groups in total. The van der Waals surface area contributed by atoms with Gasteiger partial charge in [0, 0.05) is 62.5 Å². The minimum atomic E-state index is 0.110. The van der Waals surface area contributed by atoms with E-state index in [4.69, 9.17) is 5.11 Å². The number of aryl methyl sites for hydroxylation is 1. The van der Waals surface area contributed by atoms with Gasteiger partial charge in [-0.05, 0) is 42.8 Å². The van der Waals surface area contributed by atoms with Gasteiger partial charge in [0.15, 0.2) is 0 Å². The second kappa shape index (κ2) is 12.7. The fourth-order valence-electron chi connectivity index (χ4n) is 3.46. The van der Waals surface area contributed by atoms with E-state index >= 15 is 0 Å². The molecule has 3 aromatic rings. The number of aliphatic imine (C=N–C) groups is 1. The van der Waals surface area contributed by atoms with Gasteiger partial charge in [0.2, 0.25) is 0 Å². The second-order valence-electron chi connectivity index (χ2n) is 7.66. The summed E-state index contributed by atoms with van der Waals surface area (Å²) in [4.78, 5) is 15.6. The van der Waals surface area contributed by atoms with Crippen molar-refractivity contribution in [3.05, 3.63) is 89.0 Å². The smallest absolute Gasteiger partial charge is 0.128 e. The maximum Gasteiger partial charge on any atom is 0.128 e. The zero-order chi connectivity index (χ0) is 22.6. The van der Waals surface area contributed by atoms with Crippen LogP contribution >= 0.6 is 0 Å². The molecule has 0 spiro atoms. The Morgan fingerprint density at radius 3 is 2.25 bits per heavy atom. The van der Waals surface area contributed by atoms with Gasteiger partial charge < -0.3 is 15.5 Å². The molecule has 2 aromatic heterocycles. The fraction of sp³-hybridized carbons (Fsp3) is 0.320. The number of phenolic OH excluding ortho intramolecular Hbond substituents is 1. The molecule has 0 aliphatic heterocycles. The number of benzene rings is 1. The van der Waals surface area contributed by atoms with Gasteiger partial charge in [-0.3, -0.25) is 19.9 Å². The highest BCUT2D eigenvalue weighted by Gasteiger charge is 2.14. The van der Waals surface area contributed by atoms with Crippen LogP contribution in [0.25, 0.3) is 0 Å². The summed E-state index contributed by atoms with van der Waals surface area (Å²) in [6.45, 7) is 5.78. The lowest BCUT2D eigenvalue weighted by Gasteiger charge is -2.23. The number of aromatic nitrogens is 2. The highest BCUT2D eigenvalue weighted by Crippen LogP contribution is 2.26. The van der Waals surface area contributed by atoms with Crippen molar-refractivity contribution < 1.29 is 10.2 Å². The Morgan fingerprint density at radius 1 is 0.969 bits per heavy atom. The molecule has 7 nitrogen and oxygen atoms in total. The maximum atomic E-state index is 10.9. The van der Waals surface area contributed by atoms with Gasteiger partial charge in [0.25, 0.3) is 0 Å². The van der Waals surface area contributed by atoms with E-state index < -0.39 is 0 Å². The van der Waals surface area contributed by atoms with Crippen molar-refractivity contribution in [2.24, 2.45) is 4.99 Å². The number of phenols is 1. The third-order valence-corrected chi connectivity index (χ3v) is 4.92. The number of aliphatic hydroxyl groups excluding tert-OH is 1. The molecular formula is C25H31N5O2. The summed E-state index contributed by atoms with van der Waals surface area (Å²) in [5.74, 6) is 0.245. The third kappa shape index (κ3) is 7.53. The molecule has 0 unspecified atom stereocenters. The van der Waals surface area contributed by atoms with Gasteiger partial charge in [-0.15, -0.1) is 0 Å². The SMILES string of the molecule is Cc1cc(C=NCCNCCO)c(O)c(CN(Cc2ccccn2)Cc2ccccn2)c1. The molecule has 0 atom stereocenters. The summed E-state index contributed by atoms with van der Waals surface area (Å²) in [6, 6.07) is 15.7. The van der Waals surface area contributed by atoms with Gasteiger partial charge in [0.05, 0.1) is 24.5 Å². The van der Waals surface area contributed by atoms with Gasteiger partial charge in [-0.25, -0.2) is 0 Å². The average molecular weight is 434 g/mol. The van der Waals surface area contributed by atoms with E-state index in [0.29, 0.717) is 44.8 Å². The molecule has 0 aliphatic rings. The molecule has 3 rings (SSSR count). The maximum absolute atomic E-state index is 10.9. The second-order valence-corrected chi connectivity index (χ2v) is 7.66. The van der Waals surface area contributed by atoms with E-state index in [9.17, 15) is 5.11 Å². The van der Waals surface area contributed by atoms with Crippen LogP contribution in [0, 0.1) is 6.92 Å². The first kappa shape index (κ1) is 23.5. The molecule has 168 valence electrons. The van der Waals surface area contributed by atoms with E-state index in [2.05, 4.69) is 25.2 Å². The molecule has 32 heavy (non-hydrogen) atoms. The Kier molecular flexibility index (Phi) is 9.31. The third-order valence-electron chi connectivity index (χ3n) is 4.92. The van der Waals surface area contributed by atoms with Crippen LogP contribution in [0.2, 0.25) is 0 Å². The van der Waals surface area contributed by atoms with Crippen LogP contribution in [0.3, 0.4) is 0 Å². The van der Waals surface area contributed by atoms with Crippen molar-refractivity contribution >= 4 is 6.21 Å². The molecule has 0 bridgehead atoms. The van der Waals surface area contributed by atoms with E-state index in [0.717, 1.165) is 22.5 Å². The minimum absolute atomic E-state index is 0.110. The molecule has 0 saturated carbocycles. The fourth-order valence-corrected chi connectivity index (χ4v) is 3.46. The Hall–Kier alpha value is -3.13. The number of rotatable bonds is 12. The van der Waals surface area contributed by atoms with Crippen LogP contribution < -0.4 is 5.32 Å². The first-order valence-corrected chi connectivity index (χ1v) is 10.8. The number of nitrogens with one attached hydrogen (secondary N) is 1. The molecule has 0 fully saturated rings. The molecule has 0 saturated heterocycles. The van der Waals surface area contributed by atoms with Crippen molar-refractivity contribution in [2.75, 3.05) is 26.2 Å². The molecule has 0 aliphatic carbocycles. The van der Waals surface area contributed by atoms with Gasteiger partial charge in [0.1, 0.15) is 5.75 Å². The Labute approximate surface area is 189 Å². The summed E-state index contributed by atoms with van der Waals surface area (Å²) >= 11 is 0. The summed E-state index contributed by atoms with van der Waals surface area (Å²) in [7, 11) is 0. The van der Waals surface area contributed by atoms with Gasteiger partial charge in [-0.1, -0.05) is 18.2 Å². The largest absolute Gasteiger partial charge is 0.507 e. The monoisotopic (exact) mass is 433 g/mol. The van der Waals surface area contributed by atoms with E-state index in [1.807, 2.05) is 55.5 Å². The molecule has 0 amide bonds. The average Bonchev–Trinajstić information content (AvgIpc) is 2.80. The van der Waals surface area contributed by atoms with E-state index in [1.165, 1.54) is 0 Å². The number of nitrogens with zero attached hydrogens (tertiary/aromatic N) is 4. The lowest BCUT2D eigenvalue weighted by atomic mass is 10.0. The standard InChI is InChI=1S/C25H31N5O2/c1-20-14-21(16-27-11-10-26-12-13-31)25(32)22(15-20)17-30(18-23-6-2-4-8-28-23)19-24-7-3-5-9-29-24/h2-9,14-16,26,31-32H,10-13,17-19H2,1H3. The predicted octanol–water partition coefficient (Wildman–Crippen LogP) is 2.69. The lowest BCUT2D eigenvalue weighted by Crippen LogP contribution is -2.23. The normalized spacial score (nSPS) is 11.5. The van der Waals surface area contributed by atoms with Gasteiger partial charge >= 0.3 is 0 Å². The van der Waals surface area contributed by atoms with Crippen molar-refractivity contribution in [1.82, 2.24) is 20.2 Å². The highest BCUT2D eigenvalue weighted by molar-refractivity contribution is 5.84. The van der Waals surface area contributed by atoms with Crippen molar-refractivity contribution in [2.45, 2.75) is 26.6 Å². The van der Waals surface area contributed by atoms with Crippen LogP contribution in [-0.4, -0.2) is 57.5 Å². The first-order chi connectivity index (χ1) is 15.7.